The molecule has 0 aromatic rings. The van der Waals surface area contributed by atoms with Crippen LogP contribution in [0.5, 0.6) is 0 Å². The Balaban J connectivity index is 3.35. The predicted molar refractivity (Wildman–Crippen MR) is 37.5 cm³/mol. The van der Waals surface area contributed by atoms with Crippen molar-refractivity contribution in [3.63, 3.8) is 0 Å². The number of rotatable bonds is 3. The fourth-order valence-electron chi connectivity index (χ4n) is 0.856. The molecule has 0 N–H and O–H groups in total. The summed E-state index contributed by atoms with van der Waals surface area (Å²) in [5, 5.41) is 0. The average molecular weight is 114 g/mol. The van der Waals surface area contributed by atoms with Crippen LogP contribution in [-0.4, -0.2) is 18.0 Å². The molecule has 0 rings (SSSR count). The molecule has 0 aliphatic rings. The van der Waals surface area contributed by atoms with E-state index in [-0.39, 0.29) is 0 Å². The lowest BCUT2D eigenvalue weighted by molar-refractivity contribution is 0.325. The van der Waals surface area contributed by atoms with E-state index in [1.54, 1.807) is 0 Å². The predicted octanol–water partition coefficient (Wildman–Crippen LogP) is 1.90. The minimum Gasteiger partial charge on any atom is -0.297 e. The fraction of sp³-hybridized carbons (Fsp3) is 0.857. The summed E-state index contributed by atoms with van der Waals surface area (Å²) >= 11 is 0. The third-order valence-electron chi connectivity index (χ3n) is 1.40. The van der Waals surface area contributed by atoms with Gasteiger partial charge < -0.3 is 0 Å². The molecule has 0 heterocycles. The molecule has 0 fully saturated rings. The molecule has 0 atom stereocenters. The highest BCUT2D eigenvalue weighted by Gasteiger charge is 2.01. The Morgan fingerprint density at radius 2 is 1.50 bits per heavy atom. The van der Waals surface area contributed by atoms with Gasteiger partial charge in [0.1, 0.15) is 0 Å². The molecule has 1 radical (unpaired) electrons. The number of hydrogen-bond acceptors (Lipinski definition) is 1. The average Bonchev–Trinajstić information content (AvgIpc) is 1.69. The molecular weight excluding hydrogens is 98.1 g/mol. The van der Waals surface area contributed by atoms with Crippen LogP contribution in [0.2, 0.25) is 0 Å². The van der Waals surface area contributed by atoms with Crippen LogP contribution in [0.15, 0.2) is 0 Å². The van der Waals surface area contributed by atoms with E-state index in [0.717, 1.165) is 13.1 Å². The fourth-order valence-corrected chi connectivity index (χ4v) is 0.856. The minimum absolute atomic E-state index is 1.14. The molecule has 1 nitrogen and oxygen atoms in total. The lowest BCUT2D eigenvalue weighted by Crippen LogP contribution is -2.23. The van der Waals surface area contributed by atoms with Crippen LogP contribution in [0.3, 0.4) is 0 Å². The van der Waals surface area contributed by atoms with Gasteiger partial charge in [0.25, 0.3) is 0 Å². The molecular formula is C7H16N. The zero-order valence-electron chi connectivity index (χ0n) is 6.36. The summed E-state index contributed by atoms with van der Waals surface area (Å²) < 4.78 is 0. The van der Waals surface area contributed by atoms with Crippen molar-refractivity contribution < 1.29 is 0 Å². The highest BCUT2D eigenvalue weighted by molar-refractivity contribution is 4.75. The largest absolute Gasteiger partial charge is 0.297 e. The summed E-state index contributed by atoms with van der Waals surface area (Å²) in [4.78, 5) is 2.33. The van der Waals surface area contributed by atoms with Gasteiger partial charge in [-0.2, -0.15) is 0 Å². The summed E-state index contributed by atoms with van der Waals surface area (Å²) in [6.07, 6.45) is 0. The van der Waals surface area contributed by atoms with Gasteiger partial charge in [0.05, 0.1) is 0 Å². The first kappa shape index (κ1) is 7.96. The van der Waals surface area contributed by atoms with Crippen molar-refractivity contribution in [2.45, 2.75) is 27.7 Å². The molecule has 0 saturated heterocycles. The first-order valence-corrected chi connectivity index (χ1v) is 3.27. The molecule has 0 spiro atoms. The van der Waals surface area contributed by atoms with Gasteiger partial charge in [-0.25, -0.2) is 0 Å². The van der Waals surface area contributed by atoms with E-state index in [2.05, 4.69) is 32.6 Å². The highest BCUT2D eigenvalue weighted by atomic mass is 15.1. The van der Waals surface area contributed by atoms with Gasteiger partial charge in [-0.15, -0.1) is 0 Å². The van der Waals surface area contributed by atoms with Gasteiger partial charge in [0, 0.05) is 6.04 Å². The zero-order valence-corrected chi connectivity index (χ0v) is 6.36. The minimum atomic E-state index is 1.14. The van der Waals surface area contributed by atoms with Crippen LogP contribution in [0.4, 0.5) is 0 Å². The van der Waals surface area contributed by atoms with E-state index >= 15 is 0 Å². The van der Waals surface area contributed by atoms with Crippen molar-refractivity contribution in [2.75, 3.05) is 13.1 Å². The van der Waals surface area contributed by atoms with E-state index in [0.29, 0.717) is 0 Å². The van der Waals surface area contributed by atoms with E-state index in [4.69, 9.17) is 0 Å². The summed E-state index contributed by atoms with van der Waals surface area (Å²) in [6, 6.07) is 1.41. The first-order valence-electron chi connectivity index (χ1n) is 3.27. The van der Waals surface area contributed by atoms with Gasteiger partial charge in [-0.3, -0.25) is 4.90 Å². The Bertz CT molecular complexity index is 46.3. The maximum absolute atomic E-state index is 2.33. The standard InChI is InChI=1S/C7H16N/c1-5-8(6-2)7(3)4/h5-6H2,1-4H3. The topological polar surface area (TPSA) is 3.24 Å². The molecule has 0 bridgehead atoms. The summed E-state index contributed by atoms with van der Waals surface area (Å²) in [5.41, 5.74) is 0. The maximum Gasteiger partial charge on any atom is 0.0331 e. The van der Waals surface area contributed by atoms with Crippen LogP contribution >= 0.6 is 0 Å². The first-order chi connectivity index (χ1) is 3.72. The second-order valence-corrected chi connectivity index (χ2v) is 2.12. The van der Waals surface area contributed by atoms with Crippen molar-refractivity contribution in [3.05, 3.63) is 6.04 Å². The van der Waals surface area contributed by atoms with Gasteiger partial charge in [0.2, 0.25) is 0 Å². The Morgan fingerprint density at radius 1 is 1.12 bits per heavy atom. The summed E-state index contributed by atoms with van der Waals surface area (Å²) in [6.45, 7) is 10.9. The summed E-state index contributed by atoms with van der Waals surface area (Å²) in [7, 11) is 0. The molecule has 0 unspecified atom stereocenters. The molecule has 0 aromatic heterocycles. The lowest BCUT2D eigenvalue weighted by Gasteiger charge is -2.21. The molecule has 0 saturated carbocycles. The van der Waals surface area contributed by atoms with E-state index in [1.807, 2.05) is 0 Å². The number of hydrogen-bond donors (Lipinski definition) is 0. The molecule has 49 valence electrons. The molecule has 8 heavy (non-hydrogen) atoms. The Morgan fingerprint density at radius 3 is 1.50 bits per heavy atom. The zero-order chi connectivity index (χ0) is 6.57. The maximum atomic E-state index is 2.33. The van der Waals surface area contributed by atoms with Crippen LogP contribution in [-0.2, 0) is 0 Å². The summed E-state index contributed by atoms with van der Waals surface area (Å²) in [5.74, 6) is 0. The van der Waals surface area contributed by atoms with Crippen molar-refractivity contribution in [1.29, 1.82) is 0 Å². The smallest absolute Gasteiger partial charge is 0.0331 e. The van der Waals surface area contributed by atoms with Crippen molar-refractivity contribution in [2.24, 2.45) is 0 Å². The number of nitrogens with zero attached hydrogens (tertiary/aromatic N) is 1. The molecule has 0 aliphatic heterocycles. The monoisotopic (exact) mass is 114 g/mol. The van der Waals surface area contributed by atoms with Gasteiger partial charge in [0.15, 0.2) is 0 Å². The van der Waals surface area contributed by atoms with E-state index in [9.17, 15) is 0 Å². The third kappa shape index (κ3) is 2.31. The van der Waals surface area contributed by atoms with Crippen LogP contribution < -0.4 is 0 Å². The second kappa shape index (κ2) is 3.90. The van der Waals surface area contributed by atoms with Crippen molar-refractivity contribution >= 4 is 0 Å². The molecule has 0 aromatic carbocycles. The normalized spacial score (nSPS) is 11.2. The molecule has 1 heteroatoms. The molecule has 0 aliphatic carbocycles. The Kier molecular flexibility index (Phi) is 3.88. The quantitative estimate of drug-likeness (QED) is 0.541. The van der Waals surface area contributed by atoms with Crippen LogP contribution in [0, 0.1) is 6.04 Å². The third-order valence-corrected chi connectivity index (χ3v) is 1.40. The van der Waals surface area contributed by atoms with E-state index in [1.165, 1.54) is 6.04 Å². The van der Waals surface area contributed by atoms with Crippen molar-refractivity contribution in [1.82, 2.24) is 4.90 Å². The van der Waals surface area contributed by atoms with Crippen LogP contribution in [0.25, 0.3) is 0 Å². The highest BCUT2D eigenvalue weighted by Crippen LogP contribution is 2.02. The SMILES string of the molecule is CCN(CC)[C](C)C. The molecule has 0 amide bonds. The Labute approximate surface area is 52.7 Å². The van der Waals surface area contributed by atoms with Gasteiger partial charge in [-0.05, 0) is 26.9 Å². The van der Waals surface area contributed by atoms with Gasteiger partial charge >= 0.3 is 0 Å². The second-order valence-electron chi connectivity index (χ2n) is 2.12. The Hall–Kier alpha value is -0.0400. The lowest BCUT2D eigenvalue weighted by atomic mass is 10.3. The van der Waals surface area contributed by atoms with Crippen molar-refractivity contribution in [3.8, 4) is 0 Å². The van der Waals surface area contributed by atoms with Crippen LogP contribution in [0.1, 0.15) is 27.7 Å². The van der Waals surface area contributed by atoms with Gasteiger partial charge in [-0.1, -0.05) is 13.8 Å². The van der Waals surface area contributed by atoms with E-state index < -0.39 is 0 Å².